The number of likely N-dealkylation sites (tertiary alicyclic amines) is 1. The summed E-state index contributed by atoms with van der Waals surface area (Å²) in [5.74, 6) is -0.856. The minimum atomic E-state index is -0.692. The quantitative estimate of drug-likeness (QED) is 0.350. The van der Waals surface area contributed by atoms with Gasteiger partial charge in [0.15, 0.2) is 0 Å². The van der Waals surface area contributed by atoms with Gasteiger partial charge in [0.2, 0.25) is 0 Å². The highest BCUT2D eigenvalue weighted by Crippen LogP contribution is 2.41. The number of Topliss-reactive ketones (excluding diaryl/α,β-unsaturated/α-hetero) is 1. The molecule has 1 aromatic carbocycles. The monoisotopic (exact) mass is 434 g/mol. The van der Waals surface area contributed by atoms with E-state index in [0.29, 0.717) is 11.3 Å². The Morgan fingerprint density at radius 3 is 2.55 bits per heavy atom. The molecular formula is C24H22N2O4S. The summed E-state index contributed by atoms with van der Waals surface area (Å²) >= 11 is 1.44. The molecule has 2 aromatic heterocycles. The summed E-state index contributed by atoms with van der Waals surface area (Å²) in [7, 11) is 0. The van der Waals surface area contributed by atoms with Crippen LogP contribution < -0.4 is 4.74 Å². The summed E-state index contributed by atoms with van der Waals surface area (Å²) in [6.45, 7) is 4.08. The number of thiophene rings is 1. The van der Waals surface area contributed by atoms with Crippen LogP contribution >= 0.6 is 11.3 Å². The van der Waals surface area contributed by atoms with Gasteiger partial charge in [-0.2, -0.15) is 0 Å². The van der Waals surface area contributed by atoms with Crippen LogP contribution in [0.2, 0.25) is 0 Å². The first-order valence-corrected chi connectivity index (χ1v) is 10.8. The average molecular weight is 435 g/mol. The van der Waals surface area contributed by atoms with Crippen LogP contribution in [-0.2, 0) is 16.1 Å². The van der Waals surface area contributed by atoms with Crippen molar-refractivity contribution in [1.29, 1.82) is 0 Å². The third kappa shape index (κ3) is 4.22. The van der Waals surface area contributed by atoms with E-state index in [1.807, 2.05) is 37.4 Å². The molecule has 0 unspecified atom stereocenters. The summed E-state index contributed by atoms with van der Waals surface area (Å²) in [4.78, 5) is 32.3. The van der Waals surface area contributed by atoms with Crippen molar-refractivity contribution in [3.05, 3.63) is 87.9 Å². The predicted octanol–water partition coefficient (Wildman–Crippen LogP) is 4.55. The lowest BCUT2D eigenvalue weighted by atomic mass is 9.99. The highest BCUT2D eigenvalue weighted by molar-refractivity contribution is 7.10. The van der Waals surface area contributed by atoms with Crippen LogP contribution in [0.4, 0.5) is 0 Å². The number of rotatable bonds is 6. The van der Waals surface area contributed by atoms with Crippen molar-refractivity contribution < 1.29 is 19.4 Å². The molecular weight excluding hydrogens is 412 g/mol. The topological polar surface area (TPSA) is 79.7 Å². The summed E-state index contributed by atoms with van der Waals surface area (Å²) < 4.78 is 5.64. The minimum absolute atomic E-state index is 0.0241. The van der Waals surface area contributed by atoms with Crippen molar-refractivity contribution in [3.8, 4) is 5.75 Å². The fraction of sp³-hybridized carbons (Fsp3) is 0.208. The number of carbonyl (C=O) groups excluding carboxylic acids is 2. The van der Waals surface area contributed by atoms with E-state index < -0.39 is 17.7 Å². The Balaban J connectivity index is 1.76. The van der Waals surface area contributed by atoms with Gasteiger partial charge in [-0.3, -0.25) is 14.6 Å². The zero-order chi connectivity index (χ0) is 22.0. The van der Waals surface area contributed by atoms with E-state index in [1.165, 1.54) is 16.2 Å². The van der Waals surface area contributed by atoms with Gasteiger partial charge in [0, 0.05) is 29.4 Å². The maximum absolute atomic E-state index is 13.0. The van der Waals surface area contributed by atoms with Crippen LogP contribution in [0.5, 0.6) is 5.75 Å². The van der Waals surface area contributed by atoms with E-state index in [2.05, 4.69) is 4.98 Å². The highest BCUT2D eigenvalue weighted by atomic mass is 32.1. The second kappa shape index (κ2) is 8.73. The predicted molar refractivity (Wildman–Crippen MR) is 119 cm³/mol. The minimum Gasteiger partial charge on any atom is -0.507 e. The summed E-state index contributed by atoms with van der Waals surface area (Å²) in [5, 5.41) is 13.0. The van der Waals surface area contributed by atoms with Crippen LogP contribution in [0, 0.1) is 0 Å². The third-order valence-corrected chi connectivity index (χ3v) is 5.85. The maximum Gasteiger partial charge on any atom is 0.295 e. The van der Waals surface area contributed by atoms with Crippen molar-refractivity contribution in [3.63, 3.8) is 0 Å². The van der Waals surface area contributed by atoms with Crippen LogP contribution in [0.25, 0.3) is 5.76 Å². The molecule has 1 N–H and O–H groups in total. The first-order valence-electron chi connectivity index (χ1n) is 9.93. The lowest BCUT2D eigenvalue weighted by Crippen LogP contribution is -2.28. The largest absolute Gasteiger partial charge is 0.507 e. The van der Waals surface area contributed by atoms with Crippen molar-refractivity contribution in [1.82, 2.24) is 9.88 Å². The number of aliphatic hydroxyl groups is 1. The zero-order valence-corrected chi connectivity index (χ0v) is 18.0. The molecule has 3 heterocycles. The molecule has 1 atom stereocenters. The van der Waals surface area contributed by atoms with E-state index in [-0.39, 0.29) is 24.0 Å². The van der Waals surface area contributed by atoms with Gasteiger partial charge < -0.3 is 14.7 Å². The molecule has 1 fully saturated rings. The normalized spacial score (nSPS) is 18.0. The van der Waals surface area contributed by atoms with Crippen molar-refractivity contribution >= 4 is 28.8 Å². The number of ketones is 1. The summed E-state index contributed by atoms with van der Waals surface area (Å²) in [6, 6.07) is 13.6. The van der Waals surface area contributed by atoms with Crippen molar-refractivity contribution in [2.24, 2.45) is 0 Å². The fourth-order valence-corrected chi connectivity index (χ4v) is 4.44. The first kappa shape index (κ1) is 20.8. The van der Waals surface area contributed by atoms with Crippen LogP contribution in [0.1, 0.15) is 35.9 Å². The maximum atomic E-state index is 13.0. The van der Waals surface area contributed by atoms with E-state index in [1.54, 1.807) is 42.7 Å². The van der Waals surface area contributed by atoms with E-state index in [4.69, 9.17) is 4.74 Å². The molecule has 0 bridgehead atoms. The number of hydrogen-bond acceptors (Lipinski definition) is 6. The first-order chi connectivity index (χ1) is 15.0. The van der Waals surface area contributed by atoms with Gasteiger partial charge in [-0.15, -0.1) is 11.3 Å². The number of aliphatic hydroxyl groups excluding tert-OH is 1. The lowest BCUT2D eigenvalue weighted by molar-refractivity contribution is -0.140. The van der Waals surface area contributed by atoms with Crippen molar-refractivity contribution in [2.45, 2.75) is 32.5 Å². The molecule has 1 saturated heterocycles. The smallest absolute Gasteiger partial charge is 0.295 e. The molecule has 6 nitrogen and oxygen atoms in total. The molecule has 7 heteroatoms. The number of pyridine rings is 1. The van der Waals surface area contributed by atoms with Crippen LogP contribution in [-0.4, -0.2) is 32.8 Å². The molecule has 1 aliphatic rings. The summed E-state index contributed by atoms with van der Waals surface area (Å²) in [6.07, 6.45) is 3.34. The van der Waals surface area contributed by atoms with Gasteiger partial charge in [0.25, 0.3) is 11.7 Å². The molecule has 0 spiro atoms. The number of amides is 1. The van der Waals surface area contributed by atoms with Gasteiger partial charge in [0.1, 0.15) is 11.5 Å². The number of ether oxygens (including phenoxy) is 1. The molecule has 3 aromatic rings. The Morgan fingerprint density at radius 1 is 1.16 bits per heavy atom. The molecule has 31 heavy (non-hydrogen) atoms. The average Bonchev–Trinajstić information content (AvgIpc) is 3.37. The number of aromatic nitrogens is 1. The summed E-state index contributed by atoms with van der Waals surface area (Å²) in [5.41, 5.74) is 1.35. The SMILES string of the molecule is CC(C)Oc1ccc(C(O)=C2C(=O)C(=O)N(Cc3cccnc3)[C@@H]2c2cccs2)cc1. The Labute approximate surface area is 184 Å². The molecule has 0 radical (unpaired) electrons. The van der Waals surface area contributed by atoms with Gasteiger partial charge in [-0.05, 0) is 61.2 Å². The van der Waals surface area contributed by atoms with Gasteiger partial charge >= 0.3 is 0 Å². The van der Waals surface area contributed by atoms with E-state index in [0.717, 1.165) is 10.4 Å². The van der Waals surface area contributed by atoms with E-state index in [9.17, 15) is 14.7 Å². The number of nitrogens with zero attached hydrogens (tertiary/aromatic N) is 2. The Kier molecular flexibility index (Phi) is 5.86. The number of hydrogen-bond donors (Lipinski definition) is 1. The van der Waals surface area contributed by atoms with Gasteiger partial charge in [0.05, 0.1) is 17.7 Å². The fourth-order valence-electron chi connectivity index (χ4n) is 3.59. The second-order valence-electron chi connectivity index (χ2n) is 7.49. The molecule has 0 aliphatic carbocycles. The number of carbonyl (C=O) groups is 2. The third-order valence-electron chi connectivity index (χ3n) is 4.93. The Morgan fingerprint density at radius 2 is 1.94 bits per heavy atom. The lowest BCUT2D eigenvalue weighted by Gasteiger charge is -2.24. The molecule has 1 aliphatic heterocycles. The van der Waals surface area contributed by atoms with E-state index >= 15 is 0 Å². The highest BCUT2D eigenvalue weighted by Gasteiger charge is 2.46. The molecule has 158 valence electrons. The molecule has 4 rings (SSSR count). The molecule has 1 amide bonds. The Hall–Kier alpha value is -3.45. The molecule has 0 saturated carbocycles. The van der Waals surface area contributed by atoms with Crippen LogP contribution in [0.3, 0.4) is 0 Å². The Bertz CT molecular complexity index is 1110. The van der Waals surface area contributed by atoms with Gasteiger partial charge in [-0.1, -0.05) is 12.1 Å². The zero-order valence-electron chi connectivity index (χ0n) is 17.2. The standard InChI is InChI=1S/C24H22N2O4S/c1-15(2)30-18-9-7-17(8-10-18)22(27)20-21(19-6-4-12-31-19)26(24(29)23(20)28)14-16-5-3-11-25-13-16/h3-13,15,21,27H,14H2,1-2H3/t21-/m1/s1. The van der Waals surface area contributed by atoms with Crippen LogP contribution in [0.15, 0.2) is 71.9 Å². The van der Waals surface area contributed by atoms with Crippen molar-refractivity contribution in [2.75, 3.05) is 0 Å². The second-order valence-corrected chi connectivity index (χ2v) is 8.47. The number of benzene rings is 1. The van der Waals surface area contributed by atoms with Gasteiger partial charge in [-0.25, -0.2) is 0 Å².